The van der Waals surface area contributed by atoms with Crippen LogP contribution in [-0.2, 0) is 9.31 Å². The summed E-state index contributed by atoms with van der Waals surface area (Å²) in [5, 5.41) is 9.60. The molecule has 0 radical (unpaired) electrons. The molecule has 114 valence electrons. The molecule has 1 heterocycles. The maximum atomic E-state index is 13.3. The van der Waals surface area contributed by atoms with E-state index in [4.69, 9.17) is 9.31 Å². The summed E-state index contributed by atoms with van der Waals surface area (Å²) in [6.07, 6.45) is 1.76. The Morgan fingerprint density at radius 3 is 2.33 bits per heavy atom. The Labute approximate surface area is 133 Å². The number of aliphatic hydroxyl groups is 1. The molecule has 0 aromatic heterocycles. The van der Waals surface area contributed by atoms with Gasteiger partial charge in [-0.15, -0.1) is 0 Å². The SMILES string of the molecule is CC1(C)OB(C(=Cc2ccc(F)c(Br)c2)CO)OC1(C)C. The van der Waals surface area contributed by atoms with E-state index in [1.807, 2.05) is 27.7 Å². The third-order valence-corrected chi connectivity index (χ3v) is 4.64. The Bertz CT molecular complexity index is 556. The molecule has 1 N–H and O–H groups in total. The number of aliphatic hydroxyl groups excluding tert-OH is 1. The van der Waals surface area contributed by atoms with Gasteiger partial charge in [-0.05, 0) is 66.8 Å². The van der Waals surface area contributed by atoms with Crippen molar-refractivity contribution in [1.29, 1.82) is 0 Å². The van der Waals surface area contributed by atoms with Gasteiger partial charge in [0.25, 0.3) is 0 Å². The molecule has 6 heteroatoms. The first-order valence-electron chi connectivity index (χ1n) is 6.78. The van der Waals surface area contributed by atoms with Gasteiger partial charge in [-0.2, -0.15) is 0 Å². The van der Waals surface area contributed by atoms with Gasteiger partial charge < -0.3 is 14.4 Å². The van der Waals surface area contributed by atoms with E-state index >= 15 is 0 Å². The number of hydrogen-bond donors (Lipinski definition) is 1. The highest BCUT2D eigenvalue weighted by Crippen LogP contribution is 2.38. The molecule has 0 spiro atoms. The minimum absolute atomic E-state index is 0.189. The van der Waals surface area contributed by atoms with Crippen LogP contribution in [0.25, 0.3) is 6.08 Å². The molecule has 1 aliphatic rings. The second-order valence-corrected chi connectivity index (χ2v) is 6.99. The van der Waals surface area contributed by atoms with Crippen LogP contribution < -0.4 is 0 Å². The molecule has 3 nitrogen and oxygen atoms in total. The van der Waals surface area contributed by atoms with Gasteiger partial charge in [-0.1, -0.05) is 12.1 Å². The first kappa shape index (κ1) is 16.7. The Kier molecular flexibility index (Phi) is 4.64. The molecule has 0 saturated carbocycles. The van der Waals surface area contributed by atoms with Crippen LogP contribution in [-0.4, -0.2) is 30.0 Å². The second-order valence-electron chi connectivity index (χ2n) is 6.14. The van der Waals surface area contributed by atoms with Gasteiger partial charge in [0.1, 0.15) is 5.82 Å². The van der Waals surface area contributed by atoms with Gasteiger partial charge >= 0.3 is 7.12 Å². The summed E-state index contributed by atoms with van der Waals surface area (Å²) in [4.78, 5) is 0. The van der Waals surface area contributed by atoms with Gasteiger partial charge in [0.15, 0.2) is 0 Å². The lowest BCUT2D eigenvalue weighted by atomic mass is 9.77. The van der Waals surface area contributed by atoms with Crippen molar-refractivity contribution in [2.45, 2.75) is 38.9 Å². The molecule has 21 heavy (non-hydrogen) atoms. The molecule has 1 aliphatic heterocycles. The maximum absolute atomic E-state index is 13.3. The fourth-order valence-corrected chi connectivity index (χ4v) is 2.40. The van der Waals surface area contributed by atoms with E-state index in [2.05, 4.69) is 15.9 Å². The van der Waals surface area contributed by atoms with Crippen molar-refractivity contribution in [3.8, 4) is 0 Å². The summed E-state index contributed by atoms with van der Waals surface area (Å²) in [6, 6.07) is 4.66. The highest BCUT2D eigenvalue weighted by Gasteiger charge is 2.52. The van der Waals surface area contributed by atoms with Crippen LogP contribution in [0.2, 0.25) is 0 Å². The first-order valence-corrected chi connectivity index (χ1v) is 7.57. The van der Waals surface area contributed by atoms with E-state index in [1.54, 1.807) is 18.2 Å². The zero-order chi connectivity index (χ0) is 15.8. The summed E-state index contributed by atoms with van der Waals surface area (Å²) in [5.41, 5.74) is 0.444. The largest absolute Gasteiger partial charge is 0.492 e. The Balaban J connectivity index is 2.28. The lowest BCUT2D eigenvalue weighted by Gasteiger charge is -2.32. The molecular weight excluding hydrogens is 338 g/mol. The number of rotatable bonds is 3. The van der Waals surface area contributed by atoms with Crippen LogP contribution in [0.3, 0.4) is 0 Å². The van der Waals surface area contributed by atoms with E-state index in [0.717, 1.165) is 5.56 Å². The molecule has 1 aromatic rings. The summed E-state index contributed by atoms with van der Waals surface area (Å²) in [5.74, 6) is -0.326. The Hall–Kier alpha value is -0.685. The molecule has 0 atom stereocenters. The van der Waals surface area contributed by atoms with Crippen LogP contribution in [0.4, 0.5) is 4.39 Å². The minimum atomic E-state index is -0.608. The maximum Gasteiger partial charge on any atom is 0.492 e. The molecular formula is C15H19BBrFO3. The fraction of sp³-hybridized carbons (Fsp3) is 0.467. The van der Waals surface area contributed by atoms with Crippen molar-refractivity contribution < 1.29 is 18.8 Å². The lowest BCUT2D eigenvalue weighted by Crippen LogP contribution is -2.41. The highest BCUT2D eigenvalue weighted by atomic mass is 79.9. The number of benzene rings is 1. The third kappa shape index (κ3) is 3.39. The normalized spacial score (nSPS) is 20.9. The summed E-state index contributed by atoms with van der Waals surface area (Å²) in [6.45, 7) is 7.63. The minimum Gasteiger partial charge on any atom is -0.400 e. The fourth-order valence-electron chi connectivity index (χ4n) is 2.00. The predicted molar refractivity (Wildman–Crippen MR) is 85.2 cm³/mol. The average Bonchev–Trinajstić information content (AvgIpc) is 2.59. The van der Waals surface area contributed by atoms with E-state index in [-0.39, 0.29) is 12.4 Å². The molecule has 0 aliphatic carbocycles. The molecule has 0 unspecified atom stereocenters. The van der Waals surface area contributed by atoms with E-state index in [9.17, 15) is 9.50 Å². The van der Waals surface area contributed by atoms with Gasteiger partial charge in [0, 0.05) is 0 Å². The summed E-state index contributed by atoms with van der Waals surface area (Å²) in [7, 11) is -0.608. The van der Waals surface area contributed by atoms with Crippen molar-refractivity contribution in [2.24, 2.45) is 0 Å². The Morgan fingerprint density at radius 1 is 1.29 bits per heavy atom. The van der Waals surface area contributed by atoms with E-state index < -0.39 is 18.3 Å². The standard InChI is InChI=1S/C15H19BBrFO3/c1-14(2)15(3,4)21-16(20-14)11(9-19)7-10-5-6-13(18)12(17)8-10/h5-8,19H,9H2,1-4H3. The summed E-state index contributed by atoms with van der Waals surface area (Å²) < 4.78 is 25.4. The van der Waals surface area contributed by atoms with Crippen LogP contribution in [0, 0.1) is 5.82 Å². The summed E-state index contributed by atoms with van der Waals surface area (Å²) >= 11 is 3.15. The lowest BCUT2D eigenvalue weighted by molar-refractivity contribution is 0.00578. The van der Waals surface area contributed by atoms with Gasteiger partial charge in [-0.25, -0.2) is 4.39 Å². The topological polar surface area (TPSA) is 38.7 Å². The van der Waals surface area contributed by atoms with Crippen LogP contribution >= 0.6 is 15.9 Å². The monoisotopic (exact) mass is 356 g/mol. The van der Waals surface area contributed by atoms with Crippen molar-refractivity contribution in [3.05, 3.63) is 39.5 Å². The van der Waals surface area contributed by atoms with Crippen LogP contribution in [0.5, 0.6) is 0 Å². The molecule has 0 amide bonds. The zero-order valence-electron chi connectivity index (χ0n) is 12.6. The third-order valence-electron chi connectivity index (χ3n) is 4.03. The smallest absolute Gasteiger partial charge is 0.400 e. The first-order chi connectivity index (χ1) is 9.66. The van der Waals surface area contributed by atoms with Crippen molar-refractivity contribution in [2.75, 3.05) is 6.61 Å². The zero-order valence-corrected chi connectivity index (χ0v) is 14.2. The Morgan fingerprint density at radius 2 is 1.86 bits per heavy atom. The van der Waals surface area contributed by atoms with Crippen LogP contribution in [0.15, 0.2) is 28.1 Å². The molecule has 1 fully saturated rings. The highest BCUT2D eigenvalue weighted by molar-refractivity contribution is 9.10. The molecule has 0 bridgehead atoms. The number of halogens is 2. The van der Waals surface area contributed by atoms with Gasteiger partial charge in [0.2, 0.25) is 0 Å². The molecule has 2 rings (SSSR count). The van der Waals surface area contributed by atoms with Crippen molar-refractivity contribution in [3.63, 3.8) is 0 Å². The quantitative estimate of drug-likeness (QED) is 0.841. The van der Waals surface area contributed by atoms with E-state index in [1.165, 1.54) is 6.07 Å². The van der Waals surface area contributed by atoms with Crippen molar-refractivity contribution >= 4 is 29.1 Å². The van der Waals surface area contributed by atoms with Crippen LogP contribution in [0.1, 0.15) is 33.3 Å². The molecule has 1 saturated heterocycles. The van der Waals surface area contributed by atoms with Gasteiger partial charge in [0.05, 0.1) is 22.3 Å². The second kappa shape index (κ2) is 5.84. The average molecular weight is 357 g/mol. The van der Waals surface area contributed by atoms with Gasteiger partial charge in [-0.3, -0.25) is 0 Å². The van der Waals surface area contributed by atoms with E-state index in [0.29, 0.717) is 9.95 Å². The van der Waals surface area contributed by atoms with Crippen molar-refractivity contribution in [1.82, 2.24) is 0 Å². The predicted octanol–water partition coefficient (Wildman–Crippen LogP) is 3.60. The number of hydrogen-bond acceptors (Lipinski definition) is 3. The molecule has 1 aromatic carbocycles.